The average Bonchev–Trinajstić information content (AvgIpc) is 2.57. The molecule has 0 aromatic heterocycles. The summed E-state index contributed by atoms with van der Waals surface area (Å²) >= 11 is 0. The average molecular weight is 389 g/mol. The smallest absolute Gasteiger partial charge is 0.253 e. The molecular weight excluding hydrogens is 348 g/mol. The minimum atomic E-state index is 0.0105. The minimum absolute atomic E-state index is 0.0105. The summed E-state index contributed by atoms with van der Waals surface area (Å²) in [6.45, 7) is 19.9. The Morgan fingerprint density at radius 1 is 0.643 bits per heavy atom. The highest BCUT2D eigenvalue weighted by Gasteiger charge is 2.22. The molecule has 1 aromatic carbocycles. The molecule has 0 saturated carbocycles. The maximum absolute atomic E-state index is 13.1. The molecule has 4 heteroatoms. The number of carbonyl (C=O) groups excluding carboxylic acids is 2. The monoisotopic (exact) mass is 388 g/mol. The first kappa shape index (κ1) is 24.2. The van der Waals surface area contributed by atoms with Gasteiger partial charge < -0.3 is 9.80 Å². The Morgan fingerprint density at radius 2 is 0.929 bits per heavy atom. The Morgan fingerprint density at radius 3 is 1.18 bits per heavy atom. The van der Waals surface area contributed by atoms with Crippen molar-refractivity contribution in [2.75, 3.05) is 26.2 Å². The highest BCUT2D eigenvalue weighted by Crippen LogP contribution is 2.15. The Hall–Kier alpha value is -1.84. The molecule has 158 valence electrons. The fourth-order valence-corrected chi connectivity index (χ4v) is 3.39. The summed E-state index contributed by atoms with van der Waals surface area (Å²) in [6.07, 6.45) is 0. The van der Waals surface area contributed by atoms with Crippen molar-refractivity contribution in [2.24, 2.45) is 23.7 Å². The molecule has 1 rings (SSSR count). The van der Waals surface area contributed by atoms with Crippen LogP contribution in [-0.2, 0) is 0 Å². The van der Waals surface area contributed by atoms with Gasteiger partial charge in [0.15, 0.2) is 0 Å². The molecule has 0 heterocycles. The quantitative estimate of drug-likeness (QED) is 0.553. The largest absolute Gasteiger partial charge is 0.338 e. The normalized spacial score (nSPS) is 11.6. The fraction of sp³-hybridized carbons (Fsp3) is 0.667. The zero-order valence-corrected chi connectivity index (χ0v) is 19.2. The van der Waals surface area contributed by atoms with E-state index in [-0.39, 0.29) is 11.8 Å². The summed E-state index contributed by atoms with van der Waals surface area (Å²) in [5.41, 5.74) is 1.20. The van der Waals surface area contributed by atoms with Gasteiger partial charge in [-0.25, -0.2) is 0 Å². The number of hydrogen-bond acceptors (Lipinski definition) is 2. The molecule has 0 aliphatic carbocycles. The molecule has 0 fully saturated rings. The third kappa shape index (κ3) is 8.04. The highest BCUT2D eigenvalue weighted by molar-refractivity contribution is 5.99. The van der Waals surface area contributed by atoms with E-state index >= 15 is 0 Å². The molecule has 4 nitrogen and oxygen atoms in total. The number of rotatable bonds is 10. The van der Waals surface area contributed by atoms with Gasteiger partial charge >= 0.3 is 0 Å². The van der Waals surface area contributed by atoms with Crippen LogP contribution in [0.15, 0.2) is 24.3 Å². The molecule has 0 spiro atoms. The van der Waals surface area contributed by atoms with Crippen LogP contribution in [0.5, 0.6) is 0 Å². The van der Waals surface area contributed by atoms with Crippen LogP contribution in [0.4, 0.5) is 0 Å². The molecule has 2 amide bonds. The van der Waals surface area contributed by atoms with E-state index in [1.807, 2.05) is 28.0 Å². The fourth-order valence-electron chi connectivity index (χ4n) is 3.39. The van der Waals surface area contributed by atoms with Gasteiger partial charge in [0.1, 0.15) is 0 Å². The van der Waals surface area contributed by atoms with Gasteiger partial charge in [-0.05, 0) is 41.9 Å². The Bertz CT molecular complexity index is 564. The van der Waals surface area contributed by atoms with Gasteiger partial charge in [-0.15, -0.1) is 0 Å². The Kier molecular flexibility index (Phi) is 9.71. The SMILES string of the molecule is CC(C)CN(CC(C)C)C(=O)c1cccc(C(=O)N(CC(C)C)CC(C)C)c1. The van der Waals surface area contributed by atoms with Gasteiger partial charge in [-0.1, -0.05) is 61.5 Å². The second-order valence-corrected chi connectivity index (χ2v) is 9.58. The van der Waals surface area contributed by atoms with E-state index in [1.54, 1.807) is 6.07 Å². The third-order valence-electron chi connectivity index (χ3n) is 4.27. The zero-order chi connectivity index (χ0) is 21.4. The van der Waals surface area contributed by atoms with Crippen LogP contribution in [0.3, 0.4) is 0 Å². The predicted molar refractivity (Wildman–Crippen MR) is 118 cm³/mol. The van der Waals surface area contributed by atoms with Crippen molar-refractivity contribution in [3.05, 3.63) is 35.4 Å². The van der Waals surface area contributed by atoms with E-state index in [9.17, 15) is 9.59 Å². The van der Waals surface area contributed by atoms with Crippen molar-refractivity contribution in [3.8, 4) is 0 Å². The maximum Gasteiger partial charge on any atom is 0.253 e. The highest BCUT2D eigenvalue weighted by atomic mass is 16.2. The number of benzene rings is 1. The summed E-state index contributed by atoms with van der Waals surface area (Å²) in [5.74, 6) is 1.63. The van der Waals surface area contributed by atoms with Crippen molar-refractivity contribution < 1.29 is 9.59 Å². The van der Waals surface area contributed by atoms with E-state index < -0.39 is 0 Å². The van der Waals surface area contributed by atoms with Crippen LogP contribution in [0.25, 0.3) is 0 Å². The van der Waals surface area contributed by atoms with Crippen molar-refractivity contribution in [3.63, 3.8) is 0 Å². The summed E-state index contributed by atoms with van der Waals surface area (Å²) in [6, 6.07) is 7.24. The summed E-state index contributed by atoms with van der Waals surface area (Å²) in [4.78, 5) is 30.1. The lowest BCUT2D eigenvalue weighted by Gasteiger charge is -2.28. The van der Waals surface area contributed by atoms with Gasteiger partial charge in [-0.2, -0.15) is 0 Å². The Balaban J connectivity index is 3.10. The first-order chi connectivity index (χ1) is 13.0. The lowest BCUT2D eigenvalue weighted by atomic mass is 10.0. The van der Waals surface area contributed by atoms with Crippen LogP contribution >= 0.6 is 0 Å². The lowest BCUT2D eigenvalue weighted by molar-refractivity contribution is 0.0712. The van der Waals surface area contributed by atoms with Crippen molar-refractivity contribution in [2.45, 2.75) is 55.4 Å². The summed E-state index contributed by atoms with van der Waals surface area (Å²) in [7, 11) is 0. The Labute approximate surface area is 172 Å². The summed E-state index contributed by atoms with van der Waals surface area (Å²) in [5, 5.41) is 0. The molecule has 1 aromatic rings. The second kappa shape index (κ2) is 11.2. The molecule has 0 unspecified atom stereocenters. The third-order valence-corrected chi connectivity index (χ3v) is 4.27. The molecule has 0 N–H and O–H groups in total. The molecule has 0 bridgehead atoms. The first-order valence-electron chi connectivity index (χ1n) is 10.7. The first-order valence-corrected chi connectivity index (χ1v) is 10.7. The predicted octanol–water partition coefficient (Wildman–Crippen LogP) is 5.20. The second-order valence-electron chi connectivity index (χ2n) is 9.58. The van der Waals surface area contributed by atoms with Gasteiger partial charge in [0, 0.05) is 37.3 Å². The van der Waals surface area contributed by atoms with E-state index in [1.165, 1.54) is 0 Å². The van der Waals surface area contributed by atoms with Crippen LogP contribution in [0.1, 0.15) is 76.1 Å². The van der Waals surface area contributed by atoms with Crippen molar-refractivity contribution in [1.29, 1.82) is 0 Å². The van der Waals surface area contributed by atoms with Gasteiger partial charge in [-0.3, -0.25) is 9.59 Å². The van der Waals surface area contributed by atoms with E-state index in [4.69, 9.17) is 0 Å². The number of amides is 2. The molecule has 0 aliphatic heterocycles. The number of nitrogens with zero attached hydrogens (tertiary/aromatic N) is 2. The van der Waals surface area contributed by atoms with Crippen molar-refractivity contribution >= 4 is 11.8 Å². The summed E-state index contributed by atoms with van der Waals surface area (Å²) < 4.78 is 0. The van der Waals surface area contributed by atoms with Gasteiger partial charge in [0.2, 0.25) is 0 Å². The molecular formula is C24H40N2O2. The molecule has 28 heavy (non-hydrogen) atoms. The number of hydrogen-bond donors (Lipinski definition) is 0. The standard InChI is InChI=1S/C24H40N2O2/c1-17(2)13-25(14-18(3)4)23(27)21-10-9-11-22(12-21)24(28)26(15-19(5)6)16-20(7)8/h9-12,17-20H,13-16H2,1-8H3. The molecule has 0 atom stereocenters. The van der Waals surface area contributed by atoms with Crippen molar-refractivity contribution in [1.82, 2.24) is 9.80 Å². The molecule has 0 radical (unpaired) electrons. The zero-order valence-electron chi connectivity index (χ0n) is 19.2. The minimum Gasteiger partial charge on any atom is -0.338 e. The topological polar surface area (TPSA) is 40.6 Å². The van der Waals surface area contributed by atoms with Crippen LogP contribution in [0.2, 0.25) is 0 Å². The maximum atomic E-state index is 13.1. The van der Waals surface area contributed by atoms with Crippen LogP contribution < -0.4 is 0 Å². The molecule has 0 aliphatic rings. The number of carbonyl (C=O) groups is 2. The van der Waals surface area contributed by atoms with E-state index in [0.717, 1.165) is 26.2 Å². The lowest BCUT2D eigenvalue weighted by Crippen LogP contribution is -2.38. The van der Waals surface area contributed by atoms with Gasteiger partial charge in [0.05, 0.1) is 0 Å². The van der Waals surface area contributed by atoms with Gasteiger partial charge in [0.25, 0.3) is 11.8 Å². The van der Waals surface area contributed by atoms with E-state index in [2.05, 4.69) is 55.4 Å². The molecule has 0 saturated heterocycles. The van der Waals surface area contributed by atoms with Crippen LogP contribution in [-0.4, -0.2) is 47.8 Å². The van der Waals surface area contributed by atoms with E-state index in [0.29, 0.717) is 34.8 Å². The van der Waals surface area contributed by atoms with Crippen LogP contribution in [0, 0.1) is 23.7 Å².